The summed E-state index contributed by atoms with van der Waals surface area (Å²) in [6, 6.07) is 5.35. The lowest BCUT2D eigenvalue weighted by atomic mass is 9.80. The summed E-state index contributed by atoms with van der Waals surface area (Å²) in [6.45, 7) is 0. The van der Waals surface area contributed by atoms with Gasteiger partial charge in [-0.3, -0.25) is 4.79 Å². The fourth-order valence-electron chi connectivity index (χ4n) is 1.98. The summed E-state index contributed by atoms with van der Waals surface area (Å²) in [5, 5.41) is 10.6. The quantitative estimate of drug-likeness (QED) is 0.721. The fraction of sp³-hybridized carbons (Fsp3) is 0.364. The molecule has 1 N–H and O–H groups in total. The average Bonchev–Trinajstić information content (AvgIpc) is 2.20. The molecule has 1 aliphatic carbocycles. The number of aliphatic hydroxyl groups is 1. The van der Waals surface area contributed by atoms with E-state index in [1.807, 2.05) is 6.07 Å². The van der Waals surface area contributed by atoms with E-state index in [1.165, 1.54) is 0 Å². The van der Waals surface area contributed by atoms with Gasteiger partial charge in [-0.1, -0.05) is 17.7 Å². The predicted octanol–water partition coefficient (Wildman–Crippen LogP) is 2.06. The molecule has 0 saturated carbocycles. The third kappa shape index (κ3) is 1.45. The summed E-state index contributed by atoms with van der Waals surface area (Å²) in [6.07, 6.45) is 2.84. The van der Waals surface area contributed by atoms with Gasteiger partial charge in [0.15, 0.2) is 6.29 Å². The molecule has 2 rings (SSSR count). The summed E-state index contributed by atoms with van der Waals surface area (Å²) in [4.78, 5) is 10.9. The smallest absolute Gasteiger partial charge is 0.156 e. The van der Waals surface area contributed by atoms with Crippen LogP contribution in [0.4, 0.5) is 0 Å². The lowest BCUT2D eigenvalue weighted by molar-refractivity contribution is -0.126. The molecule has 1 aliphatic rings. The maximum absolute atomic E-state index is 10.9. The topological polar surface area (TPSA) is 37.3 Å². The average molecular weight is 211 g/mol. The van der Waals surface area contributed by atoms with Crippen LogP contribution in [0.15, 0.2) is 18.2 Å². The molecule has 0 heterocycles. The zero-order valence-corrected chi connectivity index (χ0v) is 8.42. The summed E-state index contributed by atoms with van der Waals surface area (Å²) in [5.41, 5.74) is 0.375. The SMILES string of the molecule is O=CC1(O)CCCc2ccc(Cl)cc21. The van der Waals surface area contributed by atoms with Gasteiger partial charge in [-0.15, -0.1) is 0 Å². The first-order chi connectivity index (χ1) is 6.65. The van der Waals surface area contributed by atoms with Gasteiger partial charge in [-0.25, -0.2) is 0 Å². The van der Waals surface area contributed by atoms with E-state index in [2.05, 4.69) is 0 Å². The summed E-state index contributed by atoms with van der Waals surface area (Å²) < 4.78 is 0. The molecule has 1 unspecified atom stereocenters. The van der Waals surface area contributed by atoms with E-state index in [1.54, 1.807) is 12.1 Å². The Morgan fingerprint density at radius 3 is 3.00 bits per heavy atom. The Bertz CT molecular complexity index is 376. The molecule has 0 amide bonds. The Morgan fingerprint density at radius 2 is 2.29 bits per heavy atom. The highest BCUT2D eigenvalue weighted by atomic mass is 35.5. The molecular formula is C11H11ClO2. The van der Waals surface area contributed by atoms with Gasteiger partial charge in [0, 0.05) is 5.02 Å². The van der Waals surface area contributed by atoms with Crippen LogP contribution in [0.25, 0.3) is 0 Å². The third-order valence-corrected chi connectivity index (χ3v) is 2.97. The van der Waals surface area contributed by atoms with Crippen molar-refractivity contribution in [2.24, 2.45) is 0 Å². The van der Waals surface area contributed by atoms with Gasteiger partial charge in [0.1, 0.15) is 5.60 Å². The highest BCUT2D eigenvalue weighted by Crippen LogP contribution is 2.35. The minimum Gasteiger partial charge on any atom is -0.378 e. The molecule has 0 aromatic heterocycles. The third-order valence-electron chi connectivity index (χ3n) is 2.74. The van der Waals surface area contributed by atoms with E-state index in [9.17, 15) is 9.90 Å². The van der Waals surface area contributed by atoms with Crippen LogP contribution >= 0.6 is 11.6 Å². The van der Waals surface area contributed by atoms with E-state index in [-0.39, 0.29) is 0 Å². The second-order valence-electron chi connectivity index (χ2n) is 3.70. The molecule has 3 heteroatoms. The van der Waals surface area contributed by atoms with Crippen molar-refractivity contribution in [3.63, 3.8) is 0 Å². The number of hydrogen-bond acceptors (Lipinski definition) is 2. The van der Waals surface area contributed by atoms with Crippen LogP contribution in [0, 0.1) is 0 Å². The van der Waals surface area contributed by atoms with Crippen LogP contribution in [-0.2, 0) is 16.8 Å². The summed E-state index contributed by atoms with van der Waals surface area (Å²) >= 11 is 5.83. The molecule has 0 aliphatic heterocycles. The fourth-order valence-corrected chi connectivity index (χ4v) is 2.15. The van der Waals surface area contributed by atoms with Gasteiger partial charge in [-0.05, 0) is 42.5 Å². The first-order valence-electron chi connectivity index (χ1n) is 4.63. The molecule has 1 aromatic rings. The zero-order chi connectivity index (χ0) is 10.2. The van der Waals surface area contributed by atoms with E-state index in [4.69, 9.17) is 11.6 Å². The van der Waals surface area contributed by atoms with Crippen molar-refractivity contribution in [3.05, 3.63) is 34.3 Å². The van der Waals surface area contributed by atoms with Gasteiger partial charge < -0.3 is 5.11 Å². The number of hydrogen-bond donors (Lipinski definition) is 1. The van der Waals surface area contributed by atoms with E-state index in [0.717, 1.165) is 18.4 Å². The Labute approximate surface area is 87.5 Å². The Kier molecular flexibility index (Phi) is 2.33. The zero-order valence-electron chi connectivity index (χ0n) is 7.66. The molecule has 1 atom stereocenters. The van der Waals surface area contributed by atoms with Crippen molar-refractivity contribution in [3.8, 4) is 0 Å². The second kappa shape index (κ2) is 3.37. The molecule has 0 bridgehead atoms. The van der Waals surface area contributed by atoms with Gasteiger partial charge in [0.05, 0.1) is 0 Å². The maximum Gasteiger partial charge on any atom is 0.156 e. The van der Waals surface area contributed by atoms with Crippen molar-refractivity contribution in [1.29, 1.82) is 0 Å². The standard InChI is InChI=1S/C11H11ClO2/c12-9-4-3-8-2-1-5-11(14,7-13)10(8)6-9/h3-4,6-7,14H,1-2,5H2. The Morgan fingerprint density at radius 1 is 1.50 bits per heavy atom. The van der Waals surface area contributed by atoms with Crippen molar-refractivity contribution < 1.29 is 9.90 Å². The lowest BCUT2D eigenvalue weighted by Gasteiger charge is -2.29. The van der Waals surface area contributed by atoms with Crippen LogP contribution in [0.3, 0.4) is 0 Å². The maximum atomic E-state index is 10.9. The second-order valence-corrected chi connectivity index (χ2v) is 4.13. The van der Waals surface area contributed by atoms with Gasteiger partial charge in [0.25, 0.3) is 0 Å². The number of benzene rings is 1. The molecule has 2 nitrogen and oxygen atoms in total. The molecule has 74 valence electrons. The number of aryl methyl sites for hydroxylation is 1. The van der Waals surface area contributed by atoms with Crippen molar-refractivity contribution in [2.45, 2.75) is 24.9 Å². The van der Waals surface area contributed by atoms with Gasteiger partial charge in [-0.2, -0.15) is 0 Å². The highest BCUT2D eigenvalue weighted by molar-refractivity contribution is 6.30. The number of fused-ring (bicyclic) bond motifs is 1. The van der Waals surface area contributed by atoms with Crippen molar-refractivity contribution >= 4 is 17.9 Å². The summed E-state index contributed by atoms with van der Waals surface area (Å²) in [7, 11) is 0. The van der Waals surface area contributed by atoms with Crippen LogP contribution in [0.1, 0.15) is 24.0 Å². The largest absolute Gasteiger partial charge is 0.378 e. The number of rotatable bonds is 1. The van der Waals surface area contributed by atoms with Crippen LogP contribution in [0.5, 0.6) is 0 Å². The first kappa shape index (κ1) is 9.69. The molecule has 0 fully saturated rings. The molecule has 14 heavy (non-hydrogen) atoms. The monoisotopic (exact) mass is 210 g/mol. The Hall–Kier alpha value is -0.860. The van der Waals surface area contributed by atoms with Crippen LogP contribution < -0.4 is 0 Å². The molecule has 0 radical (unpaired) electrons. The molecule has 0 spiro atoms. The van der Waals surface area contributed by atoms with Crippen LogP contribution in [-0.4, -0.2) is 11.4 Å². The van der Waals surface area contributed by atoms with Gasteiger partial charge >= 0.3 is 0 Å². The minimum atomic E-state index is -1.32. The van der Waals surface area contributed by atoms with Crippen molar-refractivity contribution in [1.82, 2.24) is 0 Å². The number of carbonyl (C=O) groups is 1. The predicted molar refractivity (Wildman–Crippen MR) is 54.4 cm³/mol. The first-order valence-corrected chi connectivity index (χ1v) is 5.01. The minimum absolute atomic E-state index is 0.490. The highest BCUT2D eigenvalue weighted by Gasteiger charge is 2.33. The van der Waals surface area contributed by atoms with Crippen LogP contribution in [0.2, 0.25) is 5.02 Å². The molecular weight excluding hydrogens is 200 g/mol. The normalized spacial score (nSPS) is 25.6. The van der Waals surface area contributed by atoms with E-state index < -0.39 is 5.60 Å². The lowest BCUT2D eigenvalue weighted by Crippen LogP contribution is -2.32. The molecule has 1 aromatic carbocycles. The van der Waals surface area contributed by atoms with E-state index >= 15 is 0 Å². The number of halogens is 1. The molecule has 0 saturated heterocycles. The van der Waals surface area contributed by atoms with Crippen molar-refractivity contribution in [2.75, 3.05) is 0 Å². The van der Waals surface area contributed by atoms with Gasteiger partial charge in [0.2, 0.25) is 0 Å². The summed E-state index contributed by atoms with van der Waals surface area (Å²) in [5.74, 6) is 0. The number of carbonyl (C=O) groups excluding carboxylic acids is 1. The Balaban J connectivity index is 2.57. The van der Waals surface area contributed by atoms with E-state index in [0.29, 0.717) is 23.3 Å². The number of aldehydes is 1.